The van der Waals surface area contributed by atoms with E-state index in [-0.39, 0.29) is 31.4 Å². The maximum absolute atomic E-state index is 12.1. The van der Waals surface area contributed by atoms with Gasteiger partial charge < -0.3 is 38.6 Å². The van der Waals surface area contributed by atoms with Gasteiger partial charge in [-0.25, -0.2) is 24.4 Å². The number of carbonyl (C=O) groups excluding carboxylic acids is 3. The normalized spacial score (nSPS) is 13.4. The van der Waals surface area contributed by atoms with Gasteiger partial charge in [-0.3, -0.25) is 0 Å². The number of aromatic nitrogens is 2. The fraction of sp³-hybridized carbons (Fsp3) is 0.203. The van der Waals surface area contributed by atoms with Crippen molar-refractivity contribution < 1.29 is 53.0 Å². The second-order valence-corrected chi connectivity index (χ2v) is 18.4. The van der Waals surface area contributed by atoms with E-state index >= 15 is 0 Å². The lowest BCUT2D eigenvalue weighted by molar-refractivity contribution is -0.119. The van der Waals surface area contributed by atoms with Crippen molar-refractivity contribution in [2.45, 2.75) is 66.7 Å². The van der Waals surface area contributed by atoms with E-state index in [1.54, 1.807) is 49.6 Å². The Hall–Kier alpha value is -7.70. The van der Waals surface area contributed by atoms with Crippen molar-refractivity contribution in [2.24, 2.45) is 0 Å². The Labute approximate surface area is 468 Å². The second kappa shape index (κ2) is 30.3. The molecule has 0 saturated heterocycles. The number of esters is 3. The van der Waals surface area contributed by atoms with Crippen LogP contribution < -0.4 is 0 Å². The molecule has 0 bridgehead atoms. The third-order valence-electron chi connectivity index (χ3n) is 11.8. The van der Waals surface area contributed by atoms with Crippen molar-refractivity contribution in [2.75, 3.05) is 21.3 Å². The molecular formula is C64H63IN2O11. The van der Waals surface area contributed by atoms with E-state index < -0.39 is 12.3 Å². The number of aliphatic hydroxyl groups is 2. The van der Waals surface area contributed by atoms with E-state index in [1.807, 2.05) is 155 Å². The zero-order chi connectivity index (χ0) is 56.0. The van der Waals surface area contributed by atoms with Crippen LogP contribution in [0.5, 0.6) is 0 Å². The molecular weight excluding hydrogens is 1100 g/mol. The summed E-state index contributed by atoms with van der Waals surface area (Å²) < 4.78 is 32.0. The molecule has 0 aliphatic carbocycles. The molecule has 0 radical (unpaired) electrons. The molecule has 0 saturated carbocycles. The summed E-state index contributed by atoms with van der Waals surface area (Å²) in [6, 6.07) is 57.2. The zero-order valence-corrected chi connectivity index (χ0v) is 46.8. The highest BCUT2D eigenvalue weighted by molar-refractivity contribution is 14.1. The maximum atomic E-state index is 12.1. The van der Waals surface area contributed by atoms with Gasteiger partial charge in [0.15, 0.2) is 0 Å². The second-order valence-electron chi connectivity index (χ2n) is 17.3. The molecule has 4 heterocycles. The summed E-state index contributed by atoms with van der Waals surface area (Å²) in [5.74, 6) is -1.05. The monoisotopic (exact) mass is 1160 g/mol. The highest BCUT2D eigenvalue weighted by atomic mass is 127. The molecule has 2 N–H and O–H groups in total. The van der Waals surface area contributed by atoms with Crippen LogP contribution in [0.4, 0.5) is 0 Å². The zero-order valence-electron chi connectivity index (χ0n) is 44.6. The molecule has 7 aromatic carbocycles. The summed E-state index contributed by atoms with van der Waals surface area (Å²) in [4.78, 5) is 44.1. The average molecular weight is 1160 g/mol. The number of rotatable bonds is 8. The molecule has 2 aliphatic rings. The molecule has 13 nitrogen and oxygen atoms in total. The number of nitrogens with zero attached hydrogens (tertiary/aromatic N) is 2. The van der Waals surface area contributed by atoms with Gasteiger partial charge in [0.05, 0.1) is 68.4 Å². The van der Waals surface area contributed by atoms with Gasteiger partial charge in [-0.1, -0.05) is 146 Å². The standard InChI is InChI=1S/C18H13NO3.C16H16O3.C12H11NO2.C8H7IO2.C8H10O.C2H6/c20-17(12-6-2-1-3-7-12)22-18-16-14(11-21-18)10-13-8-4-5-9-15(13)19-16;1-11-7-12(10-17)9-13(8-11)14-5-3-4-6-15(14)16(18)19-2;1-14-12-11-9(7-15-12)6-8-4-2-3-5-10(8)13-11;1-11-8(10)6-4-2-3-5-7(6)9;1-7-3-2-4-8(5-7)6-9;1-2/h1-10,18H,11H2;3-9,17H,10H2,1-2H3;2-6,12H,7H2,1H3;2-5H,1H3;2-5,9H,6H2,1H3;1-2H3. The van der Waals surface area contributed by atoms with Crippen molar-refractivity contribution >= 4 is 62.3 Å². The van der Waals surface area contributed by atoms with Crippen molar-refractivity contribution in [3.05, 3.63) is 247 Å². The Kier molecular flexibility index (Phi) is 23.1. The highest BCUT2D eigenvalue weighted by Crippen LogP contribution is 2.34. The first-order valence-electron chi connectivity index (χ1n) is 25.1. The Morgan fingerprint density at radius 1 is 0.538 bits per heavy atom. The number of benzene rings is 7. The van der Waals surface area contributed by atoms with Crippen LogP contribution in [0.15, 0.2) is 182 Å². The SMILES string of the molecule is CC.COC(=O)c1ccccc1-c1cc(C)cc(CO)c1.COC(=O)c1ccccc1I.COC1OCc2cc3ccccc3nc21.Cc1cccc(CO)c1.O=C(OC1OCc2cc3ccccc3nc21)c1ccccc1. The Balaban J connectivity index is 0.000000162. The molecule has 0 fully saturated rings. The number of fused-ring (bicyclic) bond motifs is 4. The first kappa shape index (κ1) is 59.5. The van der Waals surface area contributed by atoms with Gasteiger partial charge in [0.2, 0.25) is 12.6 Å². The van der Waals surface area contributed by atoms with Gasteiger partial charge in [-0.15, -0.1) is 0 Å². The summed E-state index contributed by atoms with van der Waals surface area (Å²) in [6.45, 7) is 9.09. The van der Waals surface area contributed by atoms with Crippen molar-refractivity contribution in [3.63, 3.8) is 0 Å². The van der Waals surface area contributed by atoms with Crippen molar-refractivity contribution in [3.8, 4) is 11.1 Å². The van der Waals surface area contributed by atoms with E-state index in [9.17, 15) is 19.5 Å². The van der Waals surface area contributed by atoms with Crippen molar-refractivity contribution in [1.82, 2.24) is 9.97 Å². The van der Waals surface area contributed by atoms with Gasteiger partial charge >= 0.3 is 17.9 Å². The fourth-order valence-electron chi connectivity index (χ4n) is 8.17. The molecule has 2 aromatic heterocycles. The maximum Gasteiger partial charge on any atom is 0.340 e. The van der Waals surface area contributed by atoms with Gasteiger partial charge in [0, 0.05) is 32.6 Å². The van der Waals surface area contributed by atoms with E-state index in [0.717, 1.165) is 70.0 Å². The molecule has 2 atom stereocenters. The topological polar surface area (TPSA) is 173 Å². The number of halogens is 1. The molecule has 78 heavy (non-hydrogen) atoms. The van der Waals surface area contributed by atoms with Crippen LogP contribution in [0.25, 0.3) is 32.9 Å². The van der Waals surface area contributed by atoms with E-state index in [1.165, 1.54) is 19.8 Å². The van der Waals surface area contributed by atoms with Crippen LogP contribution in [0.2, 0.25) is 0 Å². The molecule has 0 amide bonds. The summed E-state index contributed by atoms with van der Waals surface area (Å²) >= 11 is 2.10. The predicted octanol–water partition coefficient (Wildman–Crippen LogP) is 13.6. The number of methoxy groups -OCH3 is 3. The third-order valence-corrected chi connectivity index (χ3v) is 12.8. The summed E-state index contributed by atoms with van der Waals surface area (Å²) in [6.07, 6.45) is -1.04. The number of hydrogen-bond acceptors (Lipinski definition) is 13. The summed E-state index contributed by atoms with van der Waals surface area (Å²) in [5, 5.41) is 20.1. The minimum absolute atomic E-state index is 0.0188. The lowest BCUT2D eigenvalue weighted by Gasteiger charge is -2.12. The summed E-state index contributed by atoms with van der Waals surface area (Å²) in [5.41, 5.74) is 13.0. The minimum Gasteiger partial charge on any atom is -0.465 e. The minimum atomic E-state index is -0.743. The quantitative estimate of drug-likeness (QED) is 0.0837. The van der Waals surface area contributed by atoms with Crippen LogP contribution in [0.3, 0.4) is 0 Å². The fourth-order valence-corrected chi connectivity index (χ4v) is 8.77. The van der Waals surface area contributed by atoms with Crippen LogP contribution in [-0.2, 0) is 54.8 Å². The Morgan fingerprint density at radius 2 is 1.05 bits per heavy atom. The van der Waals surface area contributed by atoms with E-state index in [0.29, 0.717) is 35.6 Å². The summed E-state index contributed by atoms with van der Waals surface area (Å²) in [7, 11) is 4.39. The van der Waals surface area contributed by atoms with Crippen LogP contribution >= 0.6 is 22.6 Å². The lowest BCUT2D eigenvalue weighted by atomic mass is 9.96. The van der Waals surface area contributed by atoms with Gasteiger partial charge in [-0.2, -0.15) is 0 Å². The van der Waals surface area contributed by atoms with Gasteiger partial charge in [0.1, 0.15) is 11.4 Å². The number of carbonyl (C=O) groups is 3. The average Bonchev–Trinajstić information content (AvgIpc) is 4.10. The Morgan fingerprint density at radius 3 is 1.62 bits per heavy atom. The lowest BCUT2D eigenvalue weighted by Crippen LogP contribution is -2.11. The molecule has 11 rings (SSSR count). The smallest absolute Gasteiger partial charge is 0.340 e. The van der Waals surface area contributed by atoms with Crippen LogP contribution in [0, 0.1) is 17.4 Å². The largest absolute Gasteiger partial charge is 0.465 e. The Bertz CT molecular complexity index is 3430. The molecule has 2 aliphatic heterocycles. The molecule has 9 aromatic rings. The van der Waals surface area contributed by atoms with Crippen LogP contribution in [-0.4, -0.2) is 59.4 Å². The van der Waals surface area contributed by atoms with Crippen LogP contribution in [0.1, 0.15) is 102 Å². The molecule has 2 unspecified atom stereocenters. The number of aliphatic hydroxyl groups excluding tert-OH is 2. The molecule has 0 spiro atoms. The first-order chi connectivity index (χ1) is 37.9. The molecule has 402 valence electrons. The number of hydrogen-bond donors (Lipinski definition) is 2. The van der Waals surface area contributed by atoms with Crippen molar-refractivity contribution in [1.29, 1.82) is 0 Å². The number of ether oxygens (including phenoxy) is 6. The van der Waals surface area contributed by atoms with Gasteiger partial charge in [-0.05, 0) is 119 Å². The number of para-hydroxylation sites is 2. The third kappa shape index (κ3) is 16.2. The van der Waals surface area contributed by atoms with E-state index in [4.69, 9.17) is 28.8 Å². The molecule has 14 heteroatoms. The first-order valence-corrected chi connectivity index (χ1v) is 26.2. The van der Waals surface area contributed by atoms with Gasteiger partial charge in [0.25, 0.3) is 0 Å². The van der Waals surface area contributed by atoms with E-state index in [2.05, 4.69) is 49.4 Å². The highest BCUT2D eigenvalue weighted by Gasteiger charge is 2.29. The number of aryl methyl sites for hydroxylation is 2. The predicted molar refractivity (Wildman–Crippen MR) is 310 cm³/mol. The number of pyridine rings is 2.